The van der Waals surface area contributed by atoms with Crippen molar-refractivity contribution in [3.8, 4) is 0 Å². The zero-order chi connectivity index (χ0) is 22.8. The fraction of sp³-hybridized carbons (Fsp3) is 0.350. The van der Waals surface area contributed by atoms with E-state index in [0.29, 0.717) is 3.57 Å². The van der Waals surface area contributed by atoms with E-state index in [1.807, 2.05) is 22.6 Å². The molecule has 1 atom stereocenters. The van der Waals surface area contributed by atoms with Crippen molar-refractivity contribution in [2.75, 3.05) is 38.0 Å². The maximum atomic E-state index is 14.5. The van der Waals surface area contributed by atoms with Crippen LogP contribution in [0.2, 0.25) is 0 Å². The van der Waals surface area contributed by atoms with E-state index in [2.05, 4.69) is 10.6 Å². The van der Waals surface area contributed by atoms with Gasteiger partial charge in [-0.15, -0.1) is 0 Å². The Morgan fingerprint density at radius 3 is 2.58 bits per heavy atom. The SMILES string of the molecule is NCC(O)CNCC1(O)CN(C(=O)c2ccc(F)c(F)c2Nc2ccc(I)cc2F)C1. The summed E-state index contributed by atoms with van der Waals surface area (Å²) in [5, 5.41) is 25.2. The first kappa shape index (κ1) is 23.7. The van der Waals surface area contributed by atoms with Crippen molar-refractivity contribution in [2.45, 2.75) is 11.7 Å². The number of amides is 1. The Kier molecular flexibility index (Phi) is 7.42. The van der Waals surface area contributed by atoms with Crippen LogP contribution in [0.5, 0.6) is 0 Å². The Morgan fingerprint density at radius 1 is 1.23 bits per heavy atom. The predicted molar refractivity (Wildman–Crippen MR) is 118 cm³/mol. The molecule has 1 unspecified atom stereocenters. The van der Waals surface area contributed by atoms with Crippen LogP contribution < -0.4 is 16.4 Å². The molecule has 1 aliphatic rings. The molecule has 3 rings (SSSR count). The molecule has 1 fully saturated rings. The van der Waals surface area contributed by atoms with E-state index in [0.717, 1.165) is 12.1 Å². The highest BCUT2D eigenvalue weighted by Gasteiger charge is 2.44. The van der Waals surface area contributed by atoms with Crippen molar-refractivity contribution in [3.63, 3.8) is 0 Å². The number of halogens is 4. The van der Waals surface area contributed by atoms with Gasteiger partial charge in [-0.2, -0.15) is 0 Å². The molecule has 0 bridgehead atoms. The molecule has 1 heterocycles. The molecular formula is C20H22F3IN4O3. The number of benzene rings is 2. The molecule has 0 radical (unpaired) electrons. The molecule has 6 N–H and O–H groups in total. The third-order valence-corrected chi connectivity index (χ3v) is 5.55. The fourth-order valence-electron chi connectivity index (χ4n) is 3.22. The first-order valence-corrected chi connectivity index (χ1v) is 10.5. The van der Waals surface area contributed by atoms with Gasteiger partial charge in [-0.25, -0.2) is 13.2 Å². The Balaban J connectivity index is 1.74. The number of anilines is 2. The van der Waals surface area contributed by atoms with Crippen LogP contribution in [0.25, 0.3) is 0 Å². The first-order chi connectivity index (χ1) is 14.6. The molecular weight excluding hydrogens is 528 g/mol. The van der Waals surface area contributed by atoms with Crippen LogP contribution in [-0.2, 0) is 0 Å². The summed E-state index contributed by atoms with van der Waals surface area (Å²) in [6, 6.07) is 6.08. The van der Waals surface area contributed by atoms with Crippen molar-refractivity contribution in [1.29, 1.82) is 0 Å². The zero-order valence-corrected chi connectivity index (χ0v) is 18.5. The minimum absolute atomic E-state index is 0.0477. The lowest BCUT2D eigenvalue weighted by Crippen LogP contribution is -2.67. The molecule has 1 saturated heterocycles. The van der Waals surface area contributed by atoms with Gasteiger partial charge in [0, 0.05) is 23.2 Å². The van der Waals surface area contributed by atoms with Gasteiger partial charge in [-0.05, 0) is 52.9 Å². The van der Waals surface area contributed by atoms with E-state index in [9.17, 15) is 28.2 Å². The van der Waals surface area contributed by atoms with Crippen LogP contribution in [0.1, 0.15) is 10.4 Å². The van der Waals surface area contributed by atoms with Gasteiger partial charge in [-0.3, -0.25) is 4.79 Å². The molecule has 0 aromatic heterocycles. The number of likely N-dealkylation sites (tertiary alicyclic amines) is 1. The van der Waals surface area contributed by atoms with Crippen molar-refractivity contribution in [1.82, 2.24) is 10.2 Å². The van der Waals surface area contributed by atoms with E-state index in [1.165, 1.54) is 17.0 Å². The first-order valence-electron chi connectivity index (χ1n) is 9.44. The predicted octanol–water partition coefficient (Wildman–Crippen LogP) is 1.55. The van der Waals surface area contributed by atoms with Crippen molar-refractivity contribution >= 4 is 39.9 Å². The molecule has 0 spiro atoms. The summed E-state index contributed by atoms with van der Waals surface area (Å²) in [5.41, 5.74) is 3.31. The molecule has 7 nitrogen and oxygen atoms in total. The Bertz CT molecular complexity index is 973. The number of rotatable bonds is 8. The monoisotopic (exact) mass is 550 g/mol. The third-order valence-electron chi connectivity index (χ3n) is 4.88. The lowest BCUT2D eigenvalue weighted by Gasteiger charge is -2.46. The van der Waals surface area contributed by atoms with E-state index >= 15 is 0 Å². The Hall–Kier alpha value is -1.93. The molecule has 0 aliphatic carbocycles. The van der Waals surface area contributed by atoms with E-state index in [4.69, 9.17) is 5.73 Å². The number of nitrogens with two attached hydrogens (primary N) is 1. The largest absolute Gasteiger partial charge is 0.390 e. The number of aliphatic hydroxyl groups is 2. The quantitative estimate of drug-likeness (QED) is 0.319. The van der Waals surface area contributed by atoms with Crippen molar-refractivity contribution < 1.29 is 28.2 Å². The fourth-order valence-corrected chi connectivity index (χ4v) is 3.67. The zero-order valence-electron chi connectivity index (χ0n) is 16.3. The van der Waals surface area contributed by atoms with Gasteiger partial charge in [0.25, 0.3) is 5.91 Å². The minimum atomic E-state index is -1.31. The number of nitrogens with zero attached hydrogens (tertiary/aromatic N) is 1. The second-order valence-electron chi connectivity index (χ2n) is 7.44. The van der Waals surface area contributed by atoms with Gasteiger partial charge < -0.3 is 31.5 Å². The highest BCUT2D eigenvalue weighted by atomic mass is 127. The van der Waals surface area contributed by atoms with Gasteiger partial charge >= 0.3 is 0 Å². The van der Waals surface area contributed by atoms with Crippen LogP contribution in [0.15, 0.2) is 30.3 Å². The molecule has 2 aromatic rings. The average molecular weight is 550 g/mol. The topological polar surface area (TPSA) is 111 Å². The van der Waals surface area contributed by atoms with Gasteiger partial charge in [0.05, 0.1) is 36.1 Å². The lowest BCUT2D eigenvalue weighted by molar-refractivity contribution is -0.0792. The number of carbonyl (C=O) groups is 1. The van der Waals surface area contributed by atoms with Crippen molar-refractivity contribution in [2.24, 2.45) is 5.73 Å². The number of β-amino-alcohol motifs (C(OH)–C–C–N with tert-alkyl or cyclic N) is 1. The smallest absolute Gasteiger partial charge is 0.256 e. The molecule has 168 valence electrons. The summed E-state index contributed by atoms with van der Waals surface area (Å²) >= 11 is 1.91. The number of aliphatic hydroxyl groups excluding tert-OH is 1. The third kappa shape index (κ3) is 5.47. The Morgan fingerprint density at radius 2 is 1.94 bits per heavy atom. The molecule has 2 aromatic carbocycles. The summed E-state index contributed by atoms with van der Waals surface area (Å²) < 4.78 is 43.1. The average Bonchev–Trinajstić information content (AvgIpc) is 2.70. The summed E-state index contributed by atoms with van der Waals surface area (Å²) in [5.74, 6) is -3.82. The van der Waals surface area contributed by atoms with Crippen molar-refractivity contribution in [3.05, 3.63) is 56.9 Å². The van der Waals surface area contributed by atoms with Crippen LogP contribution in [0.3, 0.4) is 0 Å². The van der Waals surface area contributed by atoms with Gasteiger partial charge in [-0.1, -0.05) is 0 Å². The van der Waals surface area contributed by atoms with E-state index in [-0.39, 0.29) is 44.0 Å². The normalized spacial score (nSPS) is 16.0. The lowest BCUT2D eigenvalue weighted by atomic mass is 9.92. The number of hydrogen-bond donors (Lipinski definition) is 5. The van der Waals surface area contributed by atoms with E-state index < -0.39 is 40.8 Å². The molecule has 1 amide bonds. The van der Waals surface area contributed by atoms with Gasteiger partial charge in [0.1, 0.15) is 11.4 Å². The van der Waals surface area contributed by atoms with E-state index in [1.54, 1.807) is 6.07 Å². The second-order valence-corrected chi connectivity index (χ2v) is 8.68. The highest BCUT2D eigenvalue weighted by Crippen LogP contribution is 2.31. The maximum absolute atomic E-state index is 14.5. The van der Waals surface area contributed by atoms with Crippen LogP contribution in [-0.4, -0.2) is 65.4 Å². The number of carbonyl (C=O) groups excluding carboxylic acids is 1. The van der Waals surface area contributed by atoms with Crippen LogP contribution in [0, 0.1) is 21.0 Å². The number of nitrogens with one attached hydrogen (secondary N) is 2. The minimum Gasteiger partial charge on any atom is -0.390 e. The number of hydrogen-bond acceptors (Lipinski definition) is 6. The van der Waals surface area contributed by atoms with Crippen LogP contribution in [0.4, 0.5) is 24.5 Å². The molecule has 31 heavy (non-hydrogen) atoms. The second kappa shape index (κ2) is 9.69. The summed E-state index contributed by atoms with van der Waals surface area (Å²) in [6.45, 7) is 0.279. The summed E-state index contributed by atoms with van der Waals surface area (Å²) in [4.78, 5) is 14.1. The molecule has 1 aliphatic heterocycles. The maximum Gasteiger partial charge on any atom is 0.256 e. The highest BCUT2D eigenvalue weighted by molar-refractivity contribution is 14.1. The summed E-state index contributed by atoms with van der Waals surface area (Å²) in [7, 11) is 0. The van der Waals surface area contributed by atoms with Gasteiger partial charge in [0.15, 0.2) is 11.6 Å². The molecule has 0 saturated carbocycles. The molecule has 11 heteroatoms. The standard InChI is InChI=1S/C20H22F3IN4O3/c21-14-3-2-13(18(17(14)23)27-16-4-1-11(24)5-15(16)22)19(30)28-9-20(31,10-28)8-26-7-12(29)6-25/h1-5,12,26-27,29,31H,6-10,25H2. The van der Waals surface area contributed by atoms with Crippen LogP contribution >= 0.6 is 22.6 Å². The van der Waals surface area contributed by atoms with Gasteiger partial charge in [0.2, 0.25) is 0 Å². The summed E-state index contributed by atoms with van der Waals surface area (Å²) in [6.07, 6.45) is -0.751. The Labute approximate surface area is 190 Å².